The first-order valence-corrected chi connectivity index (χ1v) is 14.4. The van der Waals surface area contributed by atoms with Crippen LogP contribution in [-0.2, 0) is 20.0 Å². The monoisotopic (exact) mass is 550 g/mol. The molecule has 8 nitrogen and oxygen atoms in total. The lowest BCUT2D eigenvalue weighted by Gasteiger charge is -2.35. The zero-order chi connectivity index (χ0) is 25.1. The minimum absolute atomic E-state index is 0. The number of halogens is 1. The number of sulfonamides is 2. The van der Waals surface area contributed by atoms with Crippen LogP contribution in [-0.4, -0.2) is 61.5 Å². The van der Waals surface area contributed by atoms with Crippen LogP contribution in [0.5, 0.6) is 0 Å². The van der Waals surface area contributed by atoms with Crippen molar-refractivity contribution >= 4 is 49.5 Å². The number of nitrogens with one attached hydrogen (secondary N) is 1. The first kappa shape index (κ1) is 27.8. The lowest BCUT2D eigenvalue weighted by molar-refractivity contribution is 0.313. The van der Waals surface area contributed by atoms with Gasteiger partial charge in [-0.2, -0.15) is 0 Å². The van der Waals surface area contributed by atoms with Gasteiger partial charge in [-0.3, -0.25) is 9.03 Å². The van der Waals surface area contributed by atoms with Crippen LogP contribution >= 0.6 is 12.4 Å². The van der Waals surface area contributed by atoms with Gasteiger partial charge in [0.05, 0.1) is 21.2 Å². The largest absolute Gasteiger partial charge is 0.369 e. The minimum atomic E-state index is -3.93. The Morgan fingerprint density at radius 2 is 1.36 bits per heavy atom. The number of piperazine rings is 1. The first-order chi connectivity index (χ1) is 16.7. The van der Waals surface area contributed by atoms with Crippen LogP contribution in [0.1, 0.15) is 6.92 Å². The van der Waals surface area contributed by atoms with Crippen molar-refractivity contribution < 1.29 is 16.8 Å². The summed E-state index contributed by atoms with van der Waals surface area (Å²) in [5, 5.41) is 0. The average molecular weight is 551 g/mol. The highest BCUT2D eigenvalue weighted by molar-refractivity contribution is 7.93. The van der Waals surface area contributed by atoms with E-state index in [2.05, 4.69) is 21.6 Å². The van der Waals surface area contributed by atoms with Gasteiger partial charge in [0.25, 0.3) is 20.0 Å². The molecule has 0 amide bonds. The van der Waals surface area contributed by atoms with Crippen LogP contribution in [0.15, 0.2) is 88.7 Å². The molecule has 0 aromatic heterocycles. The molecule has 0 radical (unpaired) electrons. The summed E-state index contributed by atoms with van der Waals surface area (Å²) in [5.74, 6) is 0. The van der Waals surface area contributed by atoms with E-state index in [0.717, 1.165) is 31.9 Å². The first-order valence-electron chi connectivity index (χ1n) is 11.5. The molecule has 1 N–H and O–H groups in total. The molecule has 1 aliphatic heterocycles. The molecule has 11 heteroatoms. The van der Waals surface area contributed by atoms with Crippen LogP contribution in [0.4, 0.5) is 17.1 Å². The van der Waals surface area contributed by atoms with E-state index in [0.29, 0.717) is 0 Å². The minimum Gasteiger partial charge on any atom is -0.369 e. The summed E-state index contributed by atoms with van der Waals surface area (Å²) in [6.07, 6.45) is 0. The Morgan fingerprint density at radius 1 is 0.806 bits per heavy atom. The third-order valence-electron chi connectivity index (χ3n) is 6.03. The number of benzene rings is 3. The van der Waals surface area contributed by atoms with Crippen molar-refractivity contribution in [3.05, 3.63) is 78.9 Å². The molecule has 0 unspecified atom stereocenters. The second-order valence-corrected chi connectivity index (χ2v) is 11.9. The fourth-order valence-corrected chi connectivity index (χ4v) is 6.67. The highest BCUT2D eigenvalue weighted by atomic mass is 35.5. The molecule has 0 spiro atoms. The SMILES string of the molecule is CCN(c1cc(N2CCN(C)CC2)ccc1NS(=O)(=O)c1ccccc1)S(=O)(=O)c1ccccc1.Cl. The topological polar surface area (TPSA) is 90.0 Å². The Hall–Kier alpha value is -2.79. The molecular formula is C25H31ClN4O4S2. The molecule has 1 fully saturated rings. The van der Waals surface area contributed by atoms with Gasteiger partial charge in [-0.15, -0.1) is 12.4 Å². The Kier molecular flexibility index (Phi) is 8.89. The standard InChI is InChI=1S/C25H30N4O4S2.ClH/c1-3-29(35(32,33)23-12-8-5-9-13-23)25-20-21(28-18-16-27(2)17-19-28)14-15-24(25)26-34(30,31)22-10-6-4-7-11-22;/h4-15,20,26H,3,16-19H2,1-2H3;1H. The van der Waals surface area contributed by atoms with Crippen molar-refractivity contribution in [3.8, 4) is 0 Å². The highest BCUT2D eigenvalue weighted by Crippen LogP contribution is 2.36. The second kappa shape index (κ2) is 11.5. The molecule has 0 saturated carbocycles. The second-order valence-electron chi connectivity index (χ2n) is 8.39. The van der Waals surface area contributed by atoms with E-state index < -0.39 is 20.0 Å². The summed E-state index contributed by atoms with van der Waals surface area (Å²) in [6.45, 7) is 5.22. The highest BCUT2D eigenvalue weighted by Gasteiger charge is 2.28. The van der Waals surface area contributed by atoms with Crippen molar-refractivity contribution in [2.45, 2.75) is 16.7 Å². The average Bonchev–Trinajstić information content (AvgIpc) is 2.87. The number of likely N-dealkylation sites (N-methyl/N-ethyl adjacent to an activating group) is 1. The molecule has 36 heavy (non-hydrogen) atoms. The van der Waals surface area contributed by atoms with Crippen molar-refractivity contribution in [2.24, 2.45) is 0 Å². The molecule has 3 aromatic rings. The van der Waals surface area contributed by atoms with E-state index in [9.17, 15) is 16.8 Å². The van der Waals surface area contributed by atoms with Crippen LogP contribution in [0, 0.1) is 0 Å². The molecule has 0 bridgehead atoms. The van der Waals surface area contributed by atoms with Gasteiger partial charge in [-0.05, 0) is 56.4 Å². The lowest BCUT2D eigenvalue weighted by atomic mass is 10.2. The van der Waals surface area contributed by atoms with Gasteiger partial charge in [-0.1, -0.05) is 36.4 Å². The lowest BCUT2D eigenvalue weighted by Crippen LogP contribution is -2.44. The third kappa shape index (κ3) is 5.95. The van der Waals surface area contributed by atoms with Crippen molar-refractivity contribution in [2.75, 3.05) is 53.7 Å². The van der Waals surface area contributed by atoms with E-state index in [1.54, 1.807) is 55.5 Å². The Balaban J connectivity index is 0.00000361. The number of hydrogen-bond acceptors (Lipinski definition) is 6. The molecule has 3 aromatic carbocycles. The maximum atomic E-state index is 13.6. The van der Waals surface area contributed by atoms with Crippen LogP contribution in [0.3, 0.4) is 0 Å². The van der Waals surface area contributed by atoms with Crippen molar-refractivity contribution in [1.82, 2.24) is 4.90 Å². The van der Waals surface area contributed by atoms with Crippen LogP contribution in [0.2, 0.25) is 0 Å². The molecule has 1 heterocycles. The van der Waals surface area contributed by atoms with E-state index >= 15 is 0 Å². The maximum Gasteiger partial charge on any atom is 0.264 e. The quantitative estimate of drug-likeness (QED) is 0.458. The molecule has 1 aliphatic rings. The smallest absolute Gasteiger partial charge is 0.264 e. The summed E-state index contributed by atoms with van der Waals surface area (Å²) in [5.41, 5.74) is 1.33. The predicted octanol–water partition coefficient (Wildman–Crippen LogP) is 3.88. The normalized spacial score (nSPS) is 14.7. The Morgan fingerprint density at radius 3 is 1.92 bits per heavy atom. The van der Waals surface area contributed by atoms with E-state index in [4.69, 9.17) is 0 Å². The maximum absolute atomic E-state index is 13.6. The predicted molar refractivity (Wildman–Crippen MR) is 147 cm³/mol. The number of nitrogens with zero attached hydrogens (tertiary/aromatic N) is 3. The molecule has 0 aliphatic carbocycles. The van der Waals surface area contributed by atoms with Gasteiger partial charge in [0.15, 0.2) is 0 Å². The Bertz CT molecular complexity index is 1360. The summed E-state index contributed by atoms with van der Waals surface area (Å²) >= 11 is 0. The molecule has 4 rings (SSSR count). The van der Waals surface area contributed by atoms with E-state index in [1.165, 1.54) is 28.6 Å². The van der Waals surface area contributed by atoms with Gasteiger partial charge >= 0.3 is 0 Å². The van der Waals surface area contributed by atoms with E-state index in [-0.39, 0.29) is 40.1 Å². The van der Waals surface area contributed by atoms with Crippen LogP contribution < -0.4 is 13.9 Å². The summed E-state index contributed by atoms with van der Waals surface area (Å²) < 4.78 is 57.3. The molecule has 0 atom stereocenters. The molecule has 1 saturated heterocycles. The van der Waals surface area contributed by atoms with E-state index in [1.807, 2.05) is 6.07 Å². The van der Waals surface area contributed by atoms with Gasteiger partial charge in [0.2, 0.25) is 0 Å². The van der Waals surface area contributed by atoms with Crippen molar-refractivity contribution in [3.63, 3.8) is 0 Å². The third-order valence-corrected chi connectivity index (χ3v) is 9.32. The van der Waals surface area contributed by atoms with Gasteiger partial charge in [0.1, 0.15) is 0 Å². The summed E-state index contributed by atoms with van der Waals surface area (Å²) in [4.78, 5) is 4.66. The number of anilines is 3. The van der Waals surface area contributed by atoms with Crippen molar-refractivity contribution in [1.29, 1.82) is 0 Å². The van der Waals surface area contributed by atoms with Gasteiger partial charge < -0.3 is 9.80 Å². The van der Waals surface area contributed by atoms with Crippen LogP contribution in [0.25, 0.3) is 0 Å². The summed E-state index contributed by atoms with van der Waals surface area (Å²) in [6, 6.07) is 21.4. The van der Waals surface area contributed by atoms with Gasteiger partial charge in [-0.25, -0.2) is 16.8 Å². The molecular weight excluding hydrogens is 520 g/mol. The summed E-state index contributed by atoms with van der Waals surface area (Å²) in [7, 11) is -5.79. The molecule has 194 valence electrons. The fraction of sp³-hybridized carbons (Fsp3) is 0.280. The number of hydrogen-bond donors (Lipinski definition) is 1. The zero-order valence-electron chi connectivity index (χ0n) is 20.2. The van der Waals surface area contributed by atoms with Gasteiger partial charge in [0, 0.05) is 38.4 Å². The fourth-order valence-electron chi connectivity index (χ4n) is 4.07. The zero-order valence-corrected chi connectivity index (χ0v) is 22.7. The number of rotatable bonds is 8. The Labute approximate surface area is 220 Å².